The molecule has 0 bridgehead atoms. The van der Waals surface area contributed by atoms with Crippen LogP contribution in [-0.4, -0.2) is 18.3 Å². The number of pyridine rings is 1. The minimum absolute atomic E-state index is 0.138. The summed E-state index contributed by atoms with van der Waals surface area (Å²) in [5.41, 5.74) is -0.271. The van der Waals surface area contributed by atoms with Crippen LogP contribution in [0.1, 0.15) is 0 Å². The Balaban J connectivity index is 2.31. The Hall–Kier alpha value is -2.19. The molecule has 0 saturated carbocycles. The second-order valence-corrected chi connectivity index (χ2v) is 5.54. The highest BCUT2D eigenvalue weighted by Gasteiger charge is 2.18. The lowest BCUT2D eigenvalue weighted by Crippen LogP contribution is -2.10. The third-order valence-electron chi connectivity index (χ3n) is 2.22. The Morgan fingerprint density at radius 1 is 1.25 bits per heavy atom. The highest BCUT2D eigenvalue weighted by molar-refractivity contribution is 7.87. The van der Waals surface area contributed by atoms with E-state index in [1.165, 1.54) is 30.3 Å². The van der Waals surface area contributed by atoms with E-state index in [1.807, 2.05) is 0 Å². The SMILES string of the molecule is O=[N+]([O-])c1cccc(OS(=O)(=O)c2ccc(Cl)nc2)c1. The number of nitro benzene ring substituents is 1. The van der Waals surface area contributed by atoms with Crippen molar-refractivity contribution in [1.82, 2.24) is 4.98 Å². The zero-order valence-corrected chi connectivity index (χ0v) is 11.3. The summed E-state index contributed by atoms with van der Waals surface area (Å²) in [7, 11) is -4.12. The van der Waals surface area contributed by atoms with E-state index in [0.717, 1.165) is 12.3 Å². The van der Waals surface area contributed by atoms with Gasteiger partial charge in [0.25, 0.3) is 5.69 Å². The predicted molar refractivity (Wildman–Crippen MR) is 70.2 cm³/mol. The highest BCUT2D eigenvalue weighted by Crippen LogP contribution is 2.23. The summed E-state index contributed by atoms with van der Waals surface area (Å²) < 4.78 is 28.6. The molecule has 1 heterocycles. The molecule has 0 saturated heterocycles. The van der Waals surface area contributed by atoms with Crippen LogP contribution in [0.2, 0.25) is 5.15 Å². The Labute approximate surface area is 119 Å². The monoisotopic (exact) mass is 314 g/mol. The lowest BCUT2D eigenvalue weighted by Gasteiger charge is -2.06. The van der Waals surface area contributed by atoms with Crippen molar-refractivity contribution in [3.63, 3.8) is 0 Å². The predicted octanol–water partition coefficient (Wildman–Crippen LogP) is 2.41. The van der Waals surface area contributed by atoms with Crippen LogP contribution in [0.4, 0.5) is 5.69 Å². The average molecular weight is 315 g/mol. The molecule has 0 atom stereocenters. The minimum atomic E-state index is -4.12. The molecule has 104 valence electrons. The molecule has 0 fully saturated rings. The molecule has 0 radical (unpaired) electrons. The van der Waals surface area contributed by atoms with Crippen molar-refractivity contribution < 1.29 is 17.5 Å². The zero-order chi connectivity index (χ0) is 14.8. The van der Waals surface area contributed by atoms with E-state index in [1.54, 1.807) is 0 Å². The van der Waals surface area contributed by atoms with Gasteiger partial charge in [-0.3, -0.25) is 10.1 Å². The van der Waals surface area contributed by atoms with Crippen molar-refractivity contribution in [2.45, 2.75) is 4.90 Å². The second-order valence-electron chi connectivity index (χ2n) is 3.61. The van der Waals surface area contributed by atoms with Gasteiger partial charge in [-0.05, 0) is 18.2 Å². The molecule has 1 aromatic heterocycles. The van der Waals surface area contributed by atoms with Crippen molar-refractivity contribution in [3.05, 3.63) is 57.9 Å². The third-order valence-corrected chi connectivity index (χ3v) is 3.68. The van der Waals surface area contributed by atoms with E-state index in [2.05, 4.69) is 4.98 Å². The summed E-state index contributed by atoms with van der Waals surface area (Å²) in [5.74, 6) is -0.158. The van der Waals surface area contributed by atoms with Gasteiger partial charge in [-0.25, -0.2) is 4.98 Å². The first kappa shape index (κ1) is 14.2. The number of hydrogen-bond acceptors (Lipinski definition) is 6. The Morgan fingerprint density at radius 2 is 2.00 bits per heavy atom. The minimum Gasteiger partial charge on any atom is -0.379 e. The summed E-state index contributed by atoms with van der Waals surface area (Å²) in [4.78, 5) is 13.4. The van der Waals surface area contributed by atoms with Crippen molar-refractivity contribution in [2.75, 3.05) is 0 Å². The summed E-state index contributed by atoms with van der Waals surface area (Å²) in [6.07, 6.45) is 1.04. The van der Waals surface area contributed by atoms with E-state index >= 15 is 0 Å². The van der Waals surface area contributed by atoms with E-state index < -0.39 is 15.0 Å². The average Bonchev–Trinajstić information content (AvgIpc) is 2.39. The van der Waals surface area contributed by atoms with E-state index in [9.17, 15) is 18.5 Å². The van der Waals surface area contributed by atoms with Crippen LogP contribution >= 0.6 is 11.6 Å². The number of nitro groups is 1. The number of aromatic nitrogens is 1. The Morgan fingerprint density at radius 3 is 2.60 bits per heavy atom. The number of rotatable bonds is 4. The summed E-state index contributed by atoms with van der Waals surface area (Å²) >= 11 is 5.56. The lowest BCUT2D eigenvalue weighted by molar-refractivity contribution is -0.384. The molecule has 0 spiro atoms. The van der Waals surface area contributed by atoms with Gasteiger partial charge < -0.3 is 4.18 Å². The van der Waals surface area contributed by atoms with Crippen LogP contribution in [0, 0.1) is 10.1 Å². The van der Waals surface area contributed by atoms with Gasteiger partial charge in [0.15, 0.2) is 0 Å². The van der Waals surface area contributed by atoms with Crippen LogP contribution in [-0.2, 0) is 10.1 Å². The van der Waals surface area contributed by atoms with E-state index in [4.69, 9.17) is 15.8 Å². The van der Waals surface area contributed by atoms with Crippen LogP contribution in [0.5, 0.6) is 5.75 Å². The topological polar surface area (TPSA) is 99.4 Å². The fourth-order valence-corrected chi connectivity index (χ4v) is 2.32. The number of non-ortho nitro benzene ring substituents is 1. The maximum Gasteiger partial charge on any atom is 0.340 e. The van der Waals surface area contributed by atoms with E-state index in [0.29, 0.717) is 0 Å². The molecule has 0 aliphatic heterocycles. The van der Waals surface area contributed by atoms with Gasteiger partial charge in [0.1, 0.15) is 15.8 Å². The van der Waals surface area contributed by atoms with Gasteiger partial charge >= 0.3 is 10.1 Å². The molecular formula is C11H7ClN2O5S. The molecule has 0 unspecified atom stereocenters. The number of nitrogens with zero attached hydrogens (tertiary/aromatic N) is 2. The number of hydrogen-bond donors (Lipinski definition) is 0. The van der Waals surface area contributed by atoms with E-state index in [-0.39, 0.29) is 21.5 Å². The largest absolute Gasteiger partial charge is 0.379 e. The molecule has 9 heteroatoms. The molecular weight excluding hydrogens is 308 g/mol. The molecule has 20 heavy (non-hydrogen) atoms. The molecule has 2 aromatic rings. The van der Waals surface area contributed by atoms with Crippen LogP contribution in [0.3, 0.4) is 0 Å². The molecule has 0 aliphatic carbocycles. The standard InChI is InChI=1S/C11H7ClN2O5S/c12-11-5-4-10(7-13-11)20(17,18)19-9-3-1-2-8(6-9)14(15)16/h1-7H. The quantitative estimate of drug-likeness (QED) is 0.372. The number of halogens is 1. The van der Waals surface area contributed by atoms with Crippen LogP contribution < -0.4 is 4.18 Å². The maximum atomic E-state index is 11.9. The van der Waals surface area contributed by atoms with Gasteiger partial charge in [-0.15, -0.1) is 0 Å². The maximum absolute atomic E-state index is 11.9. The summed E-state index contributed by atoms with van der Waals surface area (Å²) in [5, 5.41) is 10.7. The molecule has 2 rings (SSSR count). The second kappa shape index (κ2) is 5.43. The number of benzene rings is 1. The van der Waals surface area contributed by atoms with Crippen molar-refractivity contribution in [1.29, 1.82) is 0 Å². The normalized spacial score (nSPS) is 11.1. The van der Waals surface area contributed by atoms with Crippen molar-refractivity contribution >= 4 is 27.4 Å². The Bertz CT molecular complexity index is 746. The third kappa shape index (κ3) is 3.22. The highest BCUT2D eigenvalue weighted by atomic mass is 35.5. The molecule has 1 aromatic carbocycles. The molecule has 0 N–H and O–H groups in total. The van der Waals surface area contributed by atoms with Gasteiger partial charge in [0.05, 0.1) is 17.2 Å². The van der Waals surface area contributed by atoms with Crippen molar-refractivity contribution in [2.24, 2.45) is 0 Å². The Kier molecular flexibility index (Phi) is 3.86. The molecule has 0 amide bonds. The lowest BCUT2D eigenvalue weighted by atomic mass is 10.3. The van der Waals surface area contributed by atoms with Crippen LogP contribution in [0.25, 0.3) is 0 Å². The first-order valence-corrected chi connectivity index (χ1v) is 6.97. The first-order valence-electron chi connectivity index (χ1n) is 5.19. The van der Waals surface area contributed by atoms with Gasteiger partial charge in [0.2, 0.25) is 0 Å². The van der Waals surface area contributed by atoms with Crippen molar-refractivity contribution in [3.8, 4) is 5.75 Å². The molecule has 0 aliphatic rings. The van der Waals surface area contributed by atoms with Gasteiger partial charge in [-0.1, -0.05) is 17.7 Å². The van der Waals surface area contributed by atoms with Gasteiger partial charge in [0, 0.05) is 6.07 Å². The summed E-state index contributed by atoms with van der Waals surface area (Å²) in [6, 6.07) is 7.38. The zero-order valence-electron chi connectivity index (χ0n) is 9.76. The van der Waals surface area contributed by atoms with Crippen LogP contribution in [0.15, 0.2) is 47.5 Å². The molecule has 7 nitrogen and oxygen atoms in total. The summed E-state index contributed by atoms with van der Waals surface area (Å²) in [6.45, 7) is 0. The van der Waals surface area contributed by atoms with Gasteiger partial charge in [-0.2, -0.15) is 8.42 Å². The smallest absolute Gasteiger partial charge is 0.340 e. The first-order chi connectivity index (χ1) is 9.38. The fourth-order valence-electron chi connectivity index (χ4n) is 1.33. The fraction of sp³-hybridized carbons (Fsp3) is 0.